The first-order valence-electron chi connectivity index (χ1n) is 38.5. The lowest BCUT2D eigenvalue weighted by atomic mass is 10.1. The molecule has 0 fully saturated rings. The molecule has 0 aromatic rings. The number of rotatable bonds is 73. The number of esters is 4. The van der Waals surface area contributed by atoms with Crippen LogP contribution < -0.4 is 0 Å². The van der Waals surface area contributed by atoms with Crippen molar-refractivity contribution in [1.29, 1.82) is 0 Å². The number of hydrogen-bond acceptors (Lipinski definition) is 15. The molecule has 3 N–H and O–H groups in total. The first-order valence-corrected chi connectivity index (χ1v) is 41.5. The Balaban J connectivity index is 5.26. The van der Waals surface area contributed by atoms with Gasteiger partial charge in [-0.25, -0.2) is 9.13 Å². The van der Waals surface area contributed by atoms with E-state index in [-0.39, 0.29) is 25.7 Å². The van der Waals surface area contributed by atoms with Crippen LogP contribution in [0.4, 0.5) is 0 Å². The molecule has 0 saturated heterocycles. The Morgan fingerprint density at radius 2 is 0.521 bits per heavy atom. The fraction of sp³-hybridized carbons (Fsp3) is 0.818. The Kier molecular flexibility index (Phi) is 67.8. The summed E-state index contributed by atoms with van der Waals surface area (Å²) in [5.41, 5.74) is 0. The molecule has 0 saturated carbocycles. The fourth-order valence-corrected chi connectivity index (χ4v) is 12.1. The van der Waals surface area contributed by atoms with Crippen molar-refractivity contribution in [2.45, 2.75) is 367 Å². The van der Waals surface area contributed by atoms with Crippen molar-refractivity contribution >= 4 is 39.5 Å². The van der Waals surface area contributed by atoms with Crippen molar-refractivity contribution in [3.8, 4) is 0 Å². The van der Waals surface area contributed by atoms with Crippen molar-refractivity contribution in [2.24, 2.45) is 0 Å². The van der Waals surface area contributed by atoms with E-state index in [1.54, 1.807) is 0 Å². The maximum absolute atomic E-state index is 13.1. The third-order valence-electron chi connectivity index (χ3n) is 16.5. The van der Waals surface area contributed by atoms with Crippen LogP contribution in [0.1, 0.15) is 349 Å². The zero-order chi connectivity index (χ0) is 70.4. The number of phosphoric ester groups is 2. The van der Waals surface area contributed by atoms with E-state index >= 15 is 0 Å². The Hall–Kier alpha value is -3.24. The van der Waals surface area contributed by atoms with Crippen LogP contribution >= 0.6 is 15.6 Å². The predicted octanol–water partition coefficient (Wildman–Crippen LogP) is 21.9. The molecule has 0 spiro atoms. The molecule has 19 heteroatoms. The SMILES string of the molecule is CCCC/C=C\CCCCCCCC(=O)OC(COC(=O)CCCCCCC/C=C\CCCCCCCC)COP(=O)(O)OCC(O)COP(=O)(O)OCC(COC(=O)CCCCCCCC/C=C\C/C=C\C/C=C\CCCCC)OC(=O)CCCCCCCCCCCCC. The van der Waals surface area contributed by atoms with Crippen molar-refractivity contribution in [2.75, 3.05) is 39.6 Å². The van der Waals surface area contributed by atoms with E-state index in [2.05, 4.69) is 88.5 Å². The molecule has 0 heterocycles. The van der Waals surface area contributed by atoms with E-state index in [1.165, 1.54) is 109 Å². The highest BCUT2D eigenvalue weighted by molar-refractivity contribution is 7.47. The molecule has 0 radical (unpaired) electrons. The van der Waals surface area contributed by atoms with Gasteiger partial charge in [-0.3, -0.25) is 37.3 Å². The number of allylic oxidation sites excluding steroid dienone is 10. The van der Waals surface area contributed by atoms with Gasteiger partial charge in [0.15, 0.2) is 12.2 Å². The van der Waals surface area contributed by atoms with E-state index in [0.717, 1.165) is 161 Å². The molecular weight excluding hydrogens is 1260 g/mol. The maximum Gasteiger partial charge on any atom is 0.472 e. The number of ether oxygens (including phenoxy) is 4. The number of unbranched alkanes of at least 4 members (excludes halogenated alkanes) is 37. The molecule has 0 bridgehead atoms. The van der Waals surface area contributed by atoms with Gasteiger partial charge < -0.3 is 33.8 Å². The lowest BCUT2D eigenvalue weighted by molar-refractivity contribution is -0.161. The summed E-state index contributed by atoms with van der Waals surface area (Å²) in [4.78, 5) is 72.7. The van der Waals surface area contributed by atoms with Gasteiger partial charge in [-0.15, -0.1) is 0 Å². The smallest absolute Gasteiger partial charge is 0.462 e. The van der Waals surface area contributed by atoms with Gasteiger partial charge >= 0.3 is 39.5 Å². The van der Waals surface area contributed by atoms with Crippen LogP contribution in [0.5, 0.6) is 0 Å². The lowest BCUT2D eigenvalue weighted by Gasteiger charge is -2.21. The van der Waals surface area contributed by atoms with Gasteiger partial charge in [0, 0.05) is 25.7 Å². The van der Waals surface area contributed by atoms with E-state index in [4.69, 9.17) is 37.0 Å². The second kappa shape index (κ2) is 70.2. The van der Waals surface area contributed by atoms with Crippen LogP contribution in [-0.4, -0.2) is 96.7 Å². The summed E-state index contributed by atoms with van der Waals surface area (Å²) in [5, 5.41) is 10.6. The summed E-state index contributed by atoms with van der Waals surface area (Å²) in [7, 11) is -9.93. The Bertz CT molecular complexity index is 2060. The Morgan fingerprint density at radius 1 is 0.292 bits per heavy atom. The fourth-order valence-electron chi connectivity index (χ4n) is 10.5. The van der Waals surface area contributed by atoms with Crippen molar-refractivity contribution in [1.82, 2.24) is 0 Å². The van der Waals surface area contributed by atoms with Crippen LogP contribution in [0.15, 0.2) is 60.8 Å². The van der Waals surface area contributed by atoms with Crippen molar-refractivity contribution < 1.29 is 80.2 Å². The van der Waals surface area contributed by atoms with Gasteiger partial charge in [-0.2, -0.15) is 0 Å². The molecule has 0 aliphatic heterocycles. The standard InChI is InChI=1S/C77H140O17P2/c1-5-9-13-17-21-25-29-31-33-34-35-36-38-40-44-46-50-54-58-62-75(80)88-68-73(94-77(82)64-60-56-52-48-42-28-24-20-16-12-8-4)70-92-96(85,86)90-66-71(78)65-89-95(83,84)91-69-72(93-76(81)63-59-55-51-47-41-27-23-19-15-11-7-3)67-87-74(79)61-57-53-49-45-43-39-37-32-30-26-22-18-14-10-6-2/h19,21,23,25,31-33,35-37,71-73,78H,5-18,20,22,24,26-30,34,38-70H2,1-4H3,(H,83,84)(H,85,86)/b23-19-,25-21-,33-31-,36-35-,37-32-. The summed E-state index contributed by atoms with van der Waals surface area (Å²) in [5.74, 6) is -2.18. The van der Waals surface area contributed by atoms with Crippen molar-refractivity contribution in [3.63, 3.8) is 0 Å². The minimum atomic E-state index is -4.97. The van der Waals surface area contributed by atoms with Gasteiger partial charge in [0.25, 0.3) is 0 Å². The van der Waals surface area contributed by atoms with Gasteiger partial charge in [-0.1, -0.05) is 275 Å². The molecular formula is C77H140O17P2. The molecule has 17 nitrogen and oxygen atoms in total. The molecule has 0 amide bonds. The lowest BCUT2D eigenvalue weighted by Crippen LogP contribution is -2.30. The summed E-state index contributed by atoms with van der Waals surface area (Å²) in [6.45, 7) is 4.81. The van der Waals surface area contributed by atoms with E-state index in [0.29, 0.717) is 25.7 Å². The summed E-state index contributed by atoms with van der Waals surface area (Å²) < 4.78 is 68.4. The van der Waals surface area contributed by atoms with Crippen LogP contribution in [0.3, 0.4) is 0 Å². The Labute approximate surface area is 584 Å². The van der Waals surface area contributed by atoms with Crippen LogP contribution in [0.2, 0.25) is 0 Å². The van der Waals surface area contributed by atoms with Crippen molar-refractivity contribution in [3.05, 3.63) is 60.8 Å². The number of carbonyl (C=O) groups excluding carboxylic acids is 4. The third kappa shape index (κ3) is 69.2. The summed E-state index contributed by atoms with van der Waals surface area (Å²) in [6.07, 6.45) is 67.9. The van der Waals surface area contributed by atoms with Crippen LogP contribution in [0, 0.1) is 0 Å². The molecule has 0 aromatic heterocycles. The molecule has 0 rings (SSSR count). The quantitative estimate of drug-likeness (QED) is 0.0169. The normalized spacial score (nSPS) is 14.3. The third-order valence-corrected chi connectivity index (χ3v) is 18.4. The molecule has 0 aromatic carbocycles. The number of phosphoric acid groups is 2. The topological polar surface area (TPSA) is 237 Å². The second-order valence-electron chi connectivity index (χ2n) is 25.9. The molecule has 5 atom stereocenters. The highest BCUT2D eigenvalue weighted by Gasteiger charge is 2.30. The van der Waals surface area contributed by atoms with Gasteiger partial charge in [0.2, 0.25) is 0 Å². The first-order chi connectivity index (χ1) is 46.7. The largest absolute Gasteiger partial charge is 0.472 e. The number of aliphatic hydroxyl groups excluding tert-OH is 1. The number of carbonyl (C=O) groups is 4. The zero-order valence-corrected chi connectivity index (χ0v) is 62.8. The van der Waals surface area contributed by atoms with Gasteiger partial charge in [-0.05, 0) is 109 Å². The van der Waals surface area contributed by atoms with Gasteiger partial charge in [0.1, 0.15) is 19.3 Å². The van der Waals surface area contributed by atoms with Crippen LogP contribution in [0.25, 0.3) is 0 Å². The van der Waals surface area contributed by atoms with E-state index in [1.807, 2.05) is 0 Å². The molecule has 96 heavy (non-hydrogen) atoms. The zero-order valence-electron chi connectivity index (χ0n) is 61.1. The maximum atomic E-state index is 13.1. The molecule has 0 aliphatic carbocycles. The van der Waals surface area contributed by atoms with Gasteiger partial charge in [0.05, 0.1) is 26.4 Å². The highest BCUT2D eigenvalue weighted by atomic mass is 31.2. The average molecular weight is 1400 g/mol. The minimum Gasteiger partial charge on any atom is -0.462 e. The van der Waals surface area contributed by atoms with E-state index in [9.17, 15) is 43.2 Å². The van der Waals surface area contributed by atoms with Crippen LogP contribution in [-0.2, 0) is 65.4 Å². The van der Waals surface area contributed by atoms with E-state index < -0.39 is 97.5 Å². The molecule has 5 unspecified atom stereocenters. The highest BCUT2D eigenvalue weighted by Crippen LogP contribution is 2.45. The monoisotopic (exact) mass is 1400 g/mol. The predicted molar refractivity (Wildman–Crippen MR) is 390 cm³/mol. The number of hydrogen-bond donors (Lipinski definition) is 3. The molecule has 560 valence electrons. The average Bonchev–Trinajstić information content (AvgIpc) is 1.16. The first kappa shape index (κ1) is 92.8. The summed E-state index contributed by atoms with van der Waals surface area (Å²) >= 11 is 0. The number of aliphatic hydroxyl groups is 1. The second-order valence-corrected chi connectivity index (χ2v) is 28.9. The minimum absolute atomic E-state index is 0.0868. The Morgan fingerprint density at radius 3 is 0.844 bits per heavy atom. The molecule has 0 aliphatic rings. The summed E-state index contributed by atoms with van der Waals surface area (Å²) in [6, 6.07) is 0.